The fraction of sp³-hybridized carbons (Fsp3) is 0.100. The summed E-state index contributed by atoms with van der Waals surface area (Å²) in [5.74, 6) is -0.514. The van der Waals surface area contributed by atoms with E-state index in [0.717, 1.165) is 37.1 Å². The molecule has 3 heterocycles. The molecule has 1 amide bonds. The third kappa shape index (κ3) is 7.15. The van der Waals surface area contributed by atoms with Gasteiger partial charge in [0.05, 0.1) is 17.7 Å². The number of thiocarbonyl (C=S) groups is 1. The van der Waals surface area contributed by atoms with Gasteiger partial charge in [0.25, 0.3) is 5.91 Å². The molecule has 2 aromatic carbocycles. The molecule has 42 heavy (non-hydrogen) atoms. The number of amidine groups is 1. The molecule has 0 saturated heterocycles. The van der Waals surface area contributed by atoms with Crippen LogP contribution in [0, 0.1) is 19.3 Å². The number of hydrogen-bond acceptors (Lipinski definition) is 9. The van der Waals surface area contributed by atoms with Gasteiger partial charge in [-0.25, -0.2) is 9.78 Å². The van der Waals surface area contributed by atoms with E-state index in [9.17, 15) is 9.59 Å². The van der Waals surface area contributed by atoms with Gasteiger partial charge in [-0.3, -0.25) is 10.2 Å². The lowest BCUT2D eigenvalue weighted by Gasteiger charge is -2.05. The van der Waals surface area contributed by atoms with Gasteiger partial charge >= 0.3 is 5.97 Å². The highest BCUT2D eigenvalue weighted by Gasteiger charge is 2.22. The maximum Gasteiger partial charge on any atom is 0.348 e. The second-order valence-corrected chi connectivity index (χ2v) is 12.8. The van der Waals surface area contributed by atoms with E-state index in [1.54, 1.807) is 6.07 Å². The highest BCUT2D eigenvalue weighted by Crippen LogP contribution is 2.38. The number of aryl methyl sites for hydroxylation is 2. The van der Waals surface area contributed by atoms with Crippen LogP contribution < -0.4 is 16.8 Å². The minimum Gasteiger partial charge on any atom is -0.465 e. The maximum absolute atomic E-state index is 13.1. The number of nitrogen functional groups attached to an aromatic ring is 1. The number of para-hydroxylation sites is 1. The Morgan fingerprint density at radius 1 is 0.905 bits per heavy atom. The molecule has 214 valence electrons. The van der Waals surface area contributed by atoms with Gasteiger partial charge in [-0.2, -0.15) is 0 Å². The molecule has 0 aliphatic carbocycles. The molecule has 0 bridgehead atoms. The van der Waals surface area contributed by atoms with Crippen molar-refractivity contribution < 1.29 is 14.3 Å². The number of nitrogens with one attached hydrogen (secondary N) is 2. The van der Waals surface area contributed by atoms with Crippen molar-refractivity contribution in [1.82, 2.24) is 4.98 Å². The van der Waals surface area contributed by atoms with Gasteiger partial charge in [0.15, 0.2) is 0 Å². The van der Waals surface area contributed by atoms with Crippen LogP contribution in [0.25, 0.3) is 21.8 Å². The fourth-order valence-corrected chi connectivity index (χ4v) is 7.08. The second kappa shape index (κ2) is 13.6. The number of thiazole rings is 1. The van der Waals surface area contributed by atoms with Crippen LogP contribution in [0.4, 0.5) is 5.69 Å². The van der Waals surface area contributed by atoms with Crippen LogP contribution in [-0.4, -0.2) is 34.8 Å². The molecule has 3 aromatic heterocycles. The normalized spacial score (nSPS) is 10.4. The van der Waals surface area contributed by atoms with Crippen LogP contribution in [0.5, 0.6) is 0 Å². The van der Waals surface area contributed by atoms with Gasteiger partial charge in [0.2, 0.25) is 0 Å². The van der Waals surface area contributed by atoms with Crippen LogP contribution in [0.2, 0.25) is 0 Å². The molecule has 0 saturated carbocycles. The summed E-state index contributed by atoms with van der Waals surface area (Å²) in [6, 6.07) is 22.6. The molecule has 5 rings (SSSR count). The Balaban J connectivity index is 0.000000262. The Morgan fingerprint density at radius 2 is 1.52 bits per heavy atom. The topological polar surface area (TPSA) is 144 Å². The Labute approximate surface area is 260 Å². The lowest BCUT2D eigenvalue weighted by Crippen LogP contribution is -2.11. The van der Waals surface area contributed by atoms with Crippen LogP contribution in [0.1, 0.15) is 39.5 Å². The zero-order valence-electron chi connectivity index (χ0n) is 22.9. The lowest BCUT2D eigenvalue weighted by molar-refractivity contribution is 0.0606. The number of anilines is 1. The van der Waals surface area contributed by atoms with Gasteiger partial charge in [0, 0.05) is 32.1 Å². The number of methoxy groups -OCH3 is 1. The van der Waals surface area contributed by atoms with E-state index >= 15 is 0 Å². The van der Waals surface area contributed by atoms with Crippen LogP contribution in [-0.2, 0) is 4.74 Å². The highest BCUT2D eigenvalue weighted by molar-refractivity contribution is 7.80. The predicted molar refractivity (Wildman–Crippen MR) is 177 cm³/mol. The zero-order chi connectivity index (χ0) is 30.4. The molecule has 12 heteroatoms. The molecule has 5 aromatic rings. The predicted octanol–water partition coefficient (Wildman–Crippen LogP) is 6.86. The summed E-state index contributed by atoms with van der Waals surface area (Å²) >= 11 is 8.95. The molecule has 8 nitrogen and oxygen atoms in total. The fourth-order valence-electron chi connectivity index (χ4n) is 3.85. The van der Waals surface area contributed by atoms with Crippen molar-refractivity contribution in [1.29, 1.82) is 5.41 Å². The average Bonchev–Trinajstić information content (AvgIpc) is 3.70. The molecule has 0 unspecified atom stereocenters. The molecule has 0 atom stereocenters. The van der Waals surface area contributed by atoms with Crippen molar-refractivity contribution in [3.8, 4) is 21.8 Å². The monoisotopic (exact) mass is 633 g/mol. The summed E-state index contributed by atoms with van der Waals surface area (Å²) in [4.78, 5) is 33.0. The van der Waals surface area contributed by atoms with E-state index < -0.39 is 0 Å². The number of nitrogens with two attached hydrogens (primary N) is 2. The average molecular weight is 634 g/mol. The van der Waals surface area contributed by atoms with Crippen molar-refractivity contribution in [2.45, 2.75) is 13.8 Å². The van der Waals surface area contributed by atoms with E-state index in [2.05, 4.69) is 10.1 Å². The number of amides is 1. The molecule has 0 aliphatic heterocycles. The van der Waals surface area contributed by atoms with Crippen LogP contribution in [0.3, 0.4) is 0 Å². The summed E-state index contributed by atoms with van der Waals surface area (Å²) in [5.41, 5.74) is 15.0. The Kier molecular flexibility index (Phi) is 9.96. The third-order valence-corrected chi connectivity index (χ3v) is 9.32. The first-order chi connectivity index (χ1) is 20.1. The molecule has 0 fully saturated rings. The van der Waals surface area contributed by atoms with Crippen LogP contribution in [0.15, 0.2) is 72.8 Å². The van der Waals surface area contributed by atoms with Crippen molar-refractivity contribution >= 4 is 74.6 Å². The lowest BCUT2D eigenvalue weighted by atomic mass is 10.1. The van der Waals surface area contributed by atoms with E-state index in [-0.39, 0.29) is 17.7 Å². The van der Waals surface area contributed by atoms with Gasteiger partial charge in [-0.15, -0.1) is 34.0 Å². The minimum absolute atomic E-state index is 0.0335. The maximum atomic E-state index is 13.1. The van der Waals surface area contributed by atoms with Gasteiger partial charge in [-0.05, 0) is 38.1 Å². The Morgan fingerprint density at radius 3 is 2.07 bits per heavy atom. The molecule has 0 radical (unpaired) electrons. The Bertz CT molecular complexity index is 1760. The first-order valence-electron chi connectivity index (χ1n) is 12.5. The van der Waals surface area contributed by atoms with E-state index in [0.29, 0.717) is 25.3 Å². The van der Waals surface area contributed by atoms with E-state index in [1.165, 1.54) is 41.1 Å². The molecule has 0 spiro atoms. The van der Waals surface area contributed by atoms with Crippen molar-refractivity contribution in [3.63, 3.8) is 0 Å². The number of hydrogen-bond donors (Lipinski definition) is 4. The second-order valence-electron chi connectivity index (χ2n) is 8.81. The first kappa shape index (κ1) is 30.7. The number of esters is 1. The molecule has 6 N–H and O–H groups in total. The number of nitrogens with zero attached hydrogens (tertiary/aromatic N) is 1. The summed E-state index contributed by atoms with van der Waals surface area (Å²) < 4.78 is 4.57. The summed E-state index contributed by atoms with van der Waals surface area (Å²) in [6.07, 6.45) is 0. The van der Waals surface area contributed by atoms with Crippen molar-refractivity contribution in [2.24, 2.45) is 11.5 Å². The SMILES string of the molecule is COC(=O)c1cc(C(N)=S)c(C)s1.Cc1sc(C(=N)N)cc1-c1nc(-c2ccccc2)c(C(=O)Nc2ccccc2)s1. The summed E-state index contributed by atoms with van der Waals surface area (Å²) in [7, 11) is 1.35. The number of carbonyl (C=O) groups is 2. The minimum atomic E-state index is -0.351. The van der Waals surface area contributed by atoms with E-state index in [1.807, 2.05) is 80.6 Å². The number of aromatic nitrogens is 1. The van der Waals surface area contributed by atoms with Crippen molar-refractivity contribution in [2.75, 3.05) is 12.4 Å². The third-order valence-electron chi connectivity index (χ3n) is 5.90. The molecular weight excluding hydrogens is 607 g/mol. The summed E-state index contributed by atoms with van der Waals surface area (Å²) in [5, 5.41) is 11.4. The number of benzene rings is 2. The number of thiophene rings is 2. The Hall–Kier alpha value is -4.23. The first-order valence-corrected chi connectivity index (χ1v) is 15.3. The number of ether oxygens (including phenoxy) is 1. The zero-order valence-corrected chi connectivity index (χ0v) is 26.2. The van der Waals surface area contributed by atoms with E-state index in [4.69, 9.17) is 34.1 Å². The van der Waals surface area contributed by atoms with Gasteiger partial charge in [0.1, 0.15) is 25.6 Å². The molecular formula is C30H27N5O3S4. The number of carbonyl (C=O) groups excluding carboxylic acids is 2. The van der Waals surface area contributed by atoms with Gasteiger partial charge < -0.3 is 21.5 Å². The van der Waals surface area contributed by atoms with Gasteiger partial charge in [-0.1, -0.05) is 60.7 Å². The largest absolute Gasteiger partial charge is 0.465 e. The highest BCUT2D eigenvalue weighted by atomic mass is 32.1. The summed E-state index contributed by atoms with van der Waals surface area (Å²) in [6.45, 7) is 3.84. The molecule has 0 aliphatic rings. The van der Waals surface area contributed by atoms with Crippen molar-refractivity contribution in [3.05, 3.63) is 103 Å². The van der Waals surface area contributed by atoms with Crippen LogP contribution >= 0.6 is 46.2 Å². The number of rotatable bonds is 7. The standard InChI is InChI=1S/C22H18N4OS2.C8H9NO2S2/c1-13-16(12-17(28-13)20(23)24)22-26-18(14-8-4-2-5-9-14)19(29-22)21(27)25-15-10-6-3-7-11-15;1-4-5(7(9)12)3-6(13-4)8(10)11-2/h2-12H,1H3,(H3,23,24)(H,25,27);3H,1-2H3,(H2,9,12). The smallest absolute Gasteiger partial charge is 0.348 e. The quantitative estimate of drug-likeness (QED) is 0.0663.